The Morgan fingerprint density at radius 1 is 1.09 bits per heavy atom. The molecule has 1 aromatic rings. The molecule has 0 radical (unpaired) electrons. The molecule has 7 nitrogen and oxygen atoms in total. The SMILES string of the molecule is COC(=O)c1ccccc1S(=O)(=O)N1CCC(C(=O)OC)CC1. The summed E-state index contributed by atoms with van der Waals surface area (Å²) in [5.74, 6) is -1.31. The van der Waals surface area contributed by atoms with E-state index in [9.17, 15) is 18.0 Å². The highest BCUT2D eigenvalue weighted by Crippen LogP contribution is 2.26. The molecule has 0 amide bonds. The van der Waals surface area contributed by atoms with Gasteiger partial charge < -0.3 is 9.47 Å². The second-order valence-electron chi connectivity index (χ2n) is 5.19. The van der Waals surface area contributed by atoms with Gasteiger partial charge in [-0.3, -0.25) is 4.79 Å². The van der Waals surface area contributed by atoms with Crippen LogP contribution in [0.2, 0.25) is 0 Å². The first-order valence-electron chi connectivity index (χ1n) is 7.17. The maximum atomic E-state index is 12.8. The van der Waals surface area contributed by atoms with Gasteiger partial charge in [0.2, 0.25) is 10.0 Å². The van der Waals surface area contributed by atoms with Crippen LogP contribution in [0.3, 0.4) is 0 Å². The van der Waals surface area contributed by atoms with Gasteiger partial charge in [-0.2, -0.15) is 4.31 Å². The summed E-state index contributed by atoms with van der Waals surface area (Å²) in [6.45, 7) is 0.412. The predicted molar refractivity (Wildman–Crippen MR) is 81.3 cm³/mol. The van der Waals surface area contributed by atoms with Crippen molar-refractivity contribution < 1.29 is 27.5 Å². The van der Waals surface area contributed by atoms with E-state index in [2.05, 4.69) is 4.74 Å². The fourth-order valence-electron chi connectivity index (χ4n) is 2.61. The fraction of sp³-hybridized carbons (Fsp3) is 0.467. The summed E-state index contributed by atoms with van der Waals surface area (Å²) in [5, 5.41) is 0. The molecule has 0 atom stereocenters. The van der Waals surface area contributed by atoms with Gasteiger partial charge >= 0.3 is 11.9 Å². The fourth-order valence-corrected chi connectivity index (χ4v) is 4.26. The number of rotatable bonds is 4. The van der Waals surface area contributed by atoms with E-state index in [0.29, 0.717) is 12.8 Å². The topological polar surface area (TPSA) is 90.0 Å². The van der Waals surface area contributed by atoms with Crippen LogP contribution < -0.4 is 0 Å². The molecule has 0 aromatic heterocycles. The van der Waals surface area contributed by atoms with Crippen molar-refractivity contribution in [3.8, 4) is 0 Å². The number of nitrogens with zero attached hydrogens (tertiary/aromatic N) is 1. The maximum absolute atomic E-state index is 12.8. The van der Waals surface area contributed by atoms with Gasteiger partial charge in [0, 0.05) is 13.1 Å². The van der Waals surface area contributed by atoms with Gasteiger partial charge in [0.05, 0.1) is 30.6 Å². The molecule has 23 heavy (non-hydrogen) atoms. The Labute approximate surface area is 135 Å². The molecule has 1 heterocycles. The number of sulfonamides is 1. The Morgan fingerprint density at radius 3 is 2.26 bits per heavy atom. The molecular formula is C15H19NO6S. The lowest BCUT2D eigenvalue weighted by Gasteiger charge is -2.30. The standard InChI is InChI=1S/C15H19NO6S/c1-21-14(17)11-7-9-16(10-8-11)23(19,20)13-6-4-3-5-12(13)15(18)22-2/h3-6,11H,7-10H2,1-2H3. The van der Waals surface area contributed by atoms with Crippen LogP contribution in [-0.2, 0) is 24.3 Å². The molecule has 0 spiro atoms. The van der Waals surface area contributed by atoms with Gasteiger partial charge in [-0.05, 0) is 25.0 Å². The van der Waals surface area contributed by atoms with Crippen LogP contribution in [0.4, 0.5) is 0 Å². The zero-order valence-electron chi connectivity index (χ0n) is 13.0. The van der Waals surface area contributed by atoms with E-state index in [-0.39, 0.29) is 35.4 Å². The predicted octanol–water partition coefficient (Wildman–Crippen LogP) is 1.05. The zero-order valence-corrected chi connectivity index (χ0v) is 13.8. The third kappa shape index (κ3) is 3.53. The molecule has 2 rings (SSSR count). The van der Waals surface area contributed by atoms with Crippen LogP contribution in [0.1, 0.15) is 23.2 Å². The third-order valence-corrected chi connectivity index (χ3v) is 5.86. The van der Waals surface area contributed by atoms with Crippen molar-refractivity contribution in [3.05, 3.63) is 29.8 Å². The van der Waals surface area contributed by atoms with Gasteiger partial charge in [0.1, 0.15) is 0 Å². The third-order valence-electron chi connectivity index (χ3n) is 3.90. The number of hydrogen-bond donors (Lipinski definition) is 0. The van der Waals surface area contributed by atoms with Crippen LogP contribution in [0.25, 0.3) is 0 Å². The molecule has 0 unspecified atom stereocenters. The molecule has 1 aliphatic rings. The Morgan fingerprint density at radius 2 is 1.70 bits per heavy atom. The largest absolute Gasteiger partial charge is 0.469 e. The van der Waals surface area contributed by atoms with Crippen LogP contribution >= 0.6 is 0 Å². The molecule has 0 aliphatic carbocycles. The lowest BCUT2D eigenvalue weighted by atomic mass is 9.99. The molecule has 0 saturated carbocycles. The number of methoxy groups -OCH3 is 2. The van der Waals surface area contributed by atoms with Crippen molar-refractivity contribution in [2.75, 3.05) is 27.3 Å². The highest BCUT2D eigenvalue weighted by atomic mass is 32.2. The van der Waals surface area contributed by atoms with Crippen LogP contribution in [0.5, 0.6) is 0 Å². The lowest BCUT2D eigenvalue weighted by Crippen LogP contribution is -2.40. The number of carbonyl (C=O) groups excluding carboxylic acids is 2. The van der Waals surface area contributed by atoms with Crippen molar-refractivity contribution in [1.82, 2.24) is 4.31 Å². The van der Waals surface area contributed by atoms with Crippen LogP contribution in [-0.4, -0.2) is 52.0 Å². The second-order valence-corrected chi connectivity index (χ2v) is 7.10. The Hall–Kier alpha value is -1.93. The van der Waals surface area contributed by atoms with E-state index >= 15 is 0 Å². The number of ether oxygens (including phenoxy) is 2. The maximum Gasteiger partial charge on any atom is 0.339 e. The van der Waals surface area contributed by atoms with E-state index in [1.54, 1.807) is 12.1 Å². The highest BCUT2D eigenvalue weighted by molar-refractivity contribution is 7.89. The Balaban J connectivity index is 2.24. The minimum absolute atomic E-state index is 0.00471. The van der Waals surface area contributed by atoms with Gasteiger partial charge in [-0.25, -0.2) is 13.2 Å². The average Bonchev–Trinajstić information content (AvgIpc) is 2.60. The minimum Gasteiger partial charge on any atom is -0.469 e. The van der Waals surface area contributed by atoms with Gasteiger partial charge in [-0.1, -0.05) is 12.1 Å². The number of benzene rings is 1. The second kappa shape index (κ2) is 7.10. The molecule has 8 heteroatoms. The number of carbonyl (C=O) groups is 2. The summed E-state index contributed by atoms with van der Waals surface area (Å²) in [7, 11) is -1.30. The van der Waals surface area contributed by atoms with E-state index < -0.39 is 16.0 Å². The summed E-state index contributed by atoms with van der Waals surface area (Å²) in [4.78, 5) is 23.2. The van der Waals surface area contributed by atoms with E-state index in [0.717, 1.165) is 0 Å². The summed E-state index contributed by atoms with van der Waals surface area (Å²) in [6.07, 6.45) is 0.790. The molecule has 1 aromatic carbocycles. The Bertz CT molecular complexity index is 692. The monoisotopic (exact) mass is 341 g/mol. The first-order chi connectivity index (χ1) is 10.9. The lowest BCUT2D eigenvalue weighted by molar-refractivity contribution is -0.146. The van der Waals surface area contributed by atoms with Gasteiger partial charge in [0.25, 0.3) is 0 Å². The van der Waals surface area contributed by atoms with Crippen molar-refractivity contribution in [1.29, 1.82) is 0 Å². The summed E-state index contributed by atoms with van der Waals surface area (Å²) >= 11 is 0. The zero-order chi connectivity index (χ0) is 17.0. The minimum atomic E-state index is -3.82. The Kier molecular flexibility index (Phi) is 5.38. The molecular weight excluding hydrogens is 322 g/mol. The first kappa shape index (κ1) is 17.4. The number of piperidine rings is 1. The highest BCUT2D eigenvalue weighted by Gasteiger charge is 2.34. The molecule has 1 aliphatic heterocycles. The smallest absolute Gasteiger partial charge is 0.339 e. The molecule has 0 bridgehead atoms. The summed E-state index contributed by atoms with van der Waals surface area (Å²) in [6, 6.07) is 5.93. The van der Waals surface area contributed by atoms with Crippen LogP contribution in [0, 0.1) is 5.92 Å². The quantitative estimate of drug-likeness (QED) is 0.760. The first-order valence-corrected chi connectivity index (χ1v) is 8.61. The molecule has 1 fully saturated rings. The van der Waals surface area contributed by atoms with E-state index in [1.807, 2.05) is 0 Å². The van der Waals surface area contributed by atoms with Crippen molar-refractivity contribution in [3.63, 3.8) is 0 Å². The van der Waals surface area contributed by atoms with E-state index in [1.165, 1.54) is 30.7 Å². The van der Waals surface area contributed by atoms with Gasteiger partial charge in [0.15, 0.2) is 0 Å². The summed E-state index contributed by atoms with van der Waals surface area (Å²) < 4.78 is 36.2. The number of esters is 2. The van der Waals surface area contributed by atoms with Crippen molar-refractivity contribution >= 4 is 22.0 Å². The van der Waals surface area contributed by atoms with E-state index in [4.69, 9.17) is 4.74 Å². The summed E-state index contributed by atoms with van der Waals surface area (Å²) in [5.41, 5.74) is 0.00471. The van der Waals surface area contributed by atoms with Crippen LogP contribution in [0.15, 0.2) is 29.2 Å². The normalized spacial score (nSPS) is 16.8. The van der Waals surface area contributed by atoms with Gasteiger partial charge in [-0.15, -0.1) is 0 Å². The molecule has 0 N–H and O–H groups in total. The van der Waals surface area contributed by atoms with Crippen molar-refractivity contribution in [2.24, 2.45) is 5.92 Å². The molecule has 126 valence electrons. The number of hydrogen-bond acceptors (Lipinski definition) is 6. The molecule has 1 saturated heterocycles. The average molecular weight is 341 g/mol. The van der Waals surface area contributed by atoms with Crippen molar-refractivity contribution in [2.45, 2.75) is 17.7 Å².